The molecule has 0 bridgehead atoms. The second-order valence-corrected chi connectivity index (χ2v) is 7.11. The van der Waals surface area contributed by atoms with Gasteiger partial charge in [-0.15, -0.1) is 0 Å². The van der Waals surface area contributed by atoms with Crippen molar-refractivity contribution in [1.82, 2.24) is 9.62 Å². The second-order valence-electron chi connectivity index (χ2n) is 4.76. The maximum Gasteiger partial charge on any atom is 0.325 e. The van der Waals surface area contributed by atoms with Gasteiger partial charge in [-0.1, -0.05) is 25.4 Å². The quantitative estimate of drug-likeness (QED) is 0.766. The molecule has 128 valence electrons. The van der Waals surface area contributed by atoms with Crippen LogP contribution in [0.25, 0.3) is 0 Å². The van der Waals surface area contributed by atoms with Crippen molar-refractivity contribution in [2.75, 3.05) is 13.1 Å². The summed E-state index contributed by atoms with van der Waals surface area (Å²) in [4.78, 5) is 22.8. The molecule has 0 saturated carbocycles. The molecule has 1 unspecified atom stereocenters. The van der Waals surface area contributed by atoms with Crippen molar-refractivity contribution in [1.29, 1.82) is 0 Å². The molecule has 0 spiro atoms. The highest BCUT2D eigenvalue weighted by Gasteiger charge is 2.24. The van der Waals surface area contributed by atoms with Crippen molar-refractivity contribution in [3.8, 4) is 0 Å². The SMILES string of the molecule is CCN(CC)S(=O)(=O)c1ccc(Cl)c(C(=O)NC(C)C(=O)O)c1. The number of rotatable bonds is 7. The molecule has 9 heteroatoms. The maximum absolute atomic E-state index is 12.5. The van der Waals surface area contributed by atoms with E-state index in [1.807, 2.05) is 0 Å². The zero-order valence-corrected chi connectivity index (χ0v) is 14.6. The molecule has 0 saturated heterocycles. The Morgan fingerprint density at radius 1 is 1.30 bits per heavy atom. The van der Waals surface area contributed by atoms with Crippen LogP contribution >= 0.6 is 11.6 Å². The van der Waals surface area contributed by atoms with Gasteiger partial charge in [-0.3, -0.25) is 9.59 Å². The highest BCUT2D eigenvalue weighted by atomic mass is 35.5. The van der Waals surface area contributed by atoms with Crippen molar-refractivity contribution in [3.05, 3.63) is 28.8 Å². The van der Waals surface area contributed by atoms with E-state index in [4.69, 9.17) is 16.7 Å². The van der Waals surface area contributed by atoms with Crippen LogP contribution in [0.4, 0.5) is 0 Å². The lowest BCUT2D eigenvalue weighted by molar-refractivity contribution is -0.138. The van der Waals surface area contributed by atoms with Gasteiger partial charge in [-0.2, -0.15) is 4.31 Å². The predicted molar refractivity (Wildman–Crippen MR) is 86.1 cm³/mol. The maximum atomic E-state index is 12.5. The predicted octanol–water partition coefficient (Wildman–Crippen LogP) is 1.57. The number of benzene rings is 1. The van der Waals surface area contributed by atoms with Gasteiger partial charge in [0, 0.05) is 13.1 Å². The molecule has 0 aromatic heterocycles. The lowest BCUT2D eigenvalue weighted by Gasteiger charge is -2.19. The van der Waals surface area contributed by atoms with E-state index < -0.39 is 27.9 Å². The Morgan fingerprint density at radius 3 is 2.35 bits per heavy atom. The van der Waals surface area contributed by atoms with Crippen LogP contribution in [0, 0.1) is 0 Å². The fourth-order valence-electron chi connectivity index (χ4n) is 1.89. The molecule has 0 aliphatic carbocycles. The number of hydrogen-bond donors (Lipinski definition) is 2. The summed E-state index contributed by atoms with van der Waals surface area (Å²) in [6.07, 6.45) is 0. The van der Waals surface area contributed by atoms with Crippen LogP contribution in [0.15, 0.2) is 23.1 Å². The van der Waals surface area contributed by atoms with E-state index in [-0.39, 0.29) is 15.5 Å². The van der Waals surface area contributed by atoms with E-state index in [0.29, 0.717) is 13.1 Å². The van der Waals surface area contributed by atoms with E-state index in [1.54, 1.807) is 13.8 Å². The fourth-order valence-corrected chi connectivity index (χ4v) is 3.58. The van der Waals surface area contributed by atoms with Gasteiger partial charge in [0.2, 0.25) is 10.0 Å². The summed E-state index contributed by atoms with van der Waals surface area (Å²) in [6, 6.07) is 2.65. The topological polar surface area (TPSA) is 104 Å². The number of carboxylic acids is 1. The average molecular weight is 363 g/mol. The number of halogens is 1. The van der Waals surface area contributed by atoms with E-state index in [2.05, 4.69) is 5.32 Å². The van der Waals surface area contributed by atoms with Gasteiger partial charge in [-0.05, 0) is 25.1 Å². The number of sulfonamides is 1. The highest BCUT2D eigenvalue weighted by Crippen LogP contribution is 2.23. The first-order chi connectivity index (χ1) is 10.6. The summed E-state index contributed by atoms with van der Waals surface area (Å²) in [6.45, 7) is 5.29. The van der Waals surface area contributed by atoms with Crippen LogP contribution < -0.4 is 5.32 Å². The van der Waals surface area contributed by atoms with Crippen molar-refractivity contribution in [3.63, 3.8) is 0 Å². The Balaban J connectivity index is 3.23. The number of carbonyl (C=O) groups excluding carboxylic acids is 1. The molecule has 2 N–H and O–H groups in total. The van der Waals surface area contributed by atoms with Gasteiger partial charge < -0.3 is 10.4 Å². The van der Waals surface area contributed by atoms with E-state index in [1.165, 1.54) is 23.4 Å². The van der Waals surface area contributed by atoms with Gasteiger partial charge in [-0.25, -0.2) is 8.42 Å². The van der Waals surface area contributed by atoms with Crippen LogP contribution in [0.5, 0.6) is 0 Å². The lowest BCUT2D eigenvalue weighted by Crippen LogP contribution is -2.38. The molecule has 0 aliphatic heterocycles. The smallest absolute Gasteiger partial charge is 0.325 e. The van der Waals surface area contributed by atoms with Crippen LogP contribution in [0.1, 0.15) is 31.1 Å². The molecular weight excluding hydrogens is 344 g/mol. The van der Waals surface area contributed by atoms with Gasteiger partial charge in [0.05, 0.1) is 15.5 Å². The number of carboxylic acid groups (broad SMARTS) is 1. The first-order valence-electron chi connectivity index (χ1n) is 6.98. The van der Waals surface area contributed by atoms with Crippen molar-refractivity contribution in [2.24, 2.45) is 0 Å². The molecule has 23 heavy (non-hydrogen) atoms. The number of nitrogens with zero attached hydrogens (tertiary/aromatic N) is 1. The fraction of sp³-hybridized carbons (Fsp3) is 0.429. The van der Waals surface area contributed by atoms with Gasteiger partial charge in [0.15, 0.2) is 0 Å². The standard InChI is InChI=1S/C14H19ClN2O5S/c1-4-17(5-2)23(21,22)10-6-7-12(15)11(8-10)13(18)16-9(3)14(19)20/h6-9H,4-5H2,1-3H3,(H,16,18)(H,19,20). The minimum absolute atomic E-state index is 0.0404. The van der Waals surface area contributed by atoms with Crippen LogP contribution in [0.3, 0.4) is 0 Å². The molecule has 7 nitrogen and oxygen atoms in total. The third-order valence-electron chi connectivity index (χ3n) is 3.24. The number of hydrogen-bond acceptors (Lipinski definition) is 4. The third kappa shape index (κ3) is 4.43. The van der Waals surface area contributed by atoms with Crippen LogP contribution in [-0.4, -0.2) is 48.8 Å². The number of carbonyl (C=O) groups is 2. The minimum Gasteiger partial charge on any atom is -0.480 e. The van der Waals surface area contributed by atoms with E-state index in [0.717, 1.165) is 6.07 Å². The average Bonchev–Trinajstić information content (AvgIpc) is 2.48. The lowest BCUT2D eigenvalue weighted by atomic mass is 10.2. The number of nitrogens with one attached hydrogen (secondary N) is 1. The Labute approximate surface area is 140 Å². The van der Waals surface area contributed by atoms with Crippen LogP contribution in [-0.2, 0) is 14.8 Å². The summed E-state index contributed by atoms with van der Waals surface area (Å²) < 4.78 is 26.2. The largest absolute Gasteiger partial charge is 0.480 e. The highest BCUT2D eigenvalue weighted by molar-refractivity contribution is 7.89. The molecule has 0 aliphatic rings. The zero-order valence-electron chi connectivity index (χ0n) is 13.0. The minimum atomic E-state index is -3.74. The van der Waals surface area contributed by atoms with Gasteiger partial charge >= 0.3 is 5.97 Å². The summed E-state index contributed by atoms with van der Waals surface area (Å²) >= 11 is 5.93. The molecular formula is C14H19ClN2O5S. The van der Waals surface area contributed by atoms with E-state index in [9.17, 15) is 18.0 Å². The van der Waals surface area contributed by atoms with Gasteiger partial charge in [0.1, 0.15) is 6.04 Å². The summed E-state index contributed by atoms with van der Waals surface area (Å²) in [5.74, 6) is -1.96. The summed E-state index contributed by atoms with van der Waals surface area (Å²) in [7, 11) is -3.74. The number of amides is 1. The molecule has 1 aromatic carbocycles. The molecule has 0 heterocycles. The summed E-state index contributed by atoms with van der Waals surface area (Å²) in [5, 5.41) is 11.1. The first kappa shape index (κ1) is 19.4. The first-order valence-corrected chi connectivity index (χ1v) is 8.80. The molecule has 1 amide bonds. The van der Waals surface area contributed by atoms with Gasteiger partial charge in [0.25, 0.3) is 5.91 Å². The van der Waals surface area contributed by atoms with Crippen molar-refractivity contribution >= 4 is 33.5 Å². The Hall–Kier alpha value is -1.64. The number of aliphatic carboxylic acids is 1. The monoisotopic (exact) mass is 362 g/mol. The Bertz CT molecular complexity index is 701. The van der Waals surface area contributed by atoms with E-state index >= 15 is 0 Å². The summed E-state index contributed by atoms with van der Waals surface area (Å²) in [5.41, 5.74) is -0.0898. The molecule has 0 radical (unpaired) electrons. The normalized spacial score (nSPS) is 12.9. The zero-order chi connectivity index (χ0) is 17.8. The molecule has 1 atom stereocenters. The van der Waals surface area contributed by atoms with Crippen LogP contribution in [0.2, 0.25) is 5.02 Å². The second kappa shape index (κ2) is 7.76. The third-order valence-corrected chi connectivity index (χ3v) is 5.62. The van der Waals surface area contributed by atoms with Crippen molar-refractivity contribution < 1.29 is 23.1 Å². The molecule has 1 rings (SSSR count). The Morgan fingerprint density at radius 2 is 1.87 bits per heavy atom. The van der Waals surface area contributed by atoms with Crippen molar-refractivity contribution in [2.45, 2.75) is 31.7 Å². The Kier molecular flexibility index (Phi) is 6.55. The molecule has 1 aromatic rings. The molecule has 0 fully saturated rings.